The maximum Gasteiger partial charge on any atom is 0.264 e. The van der Waals surface area contributed by atoms with E-state index in [2.05, 4.69) is 0 Å². The summed E-state index contributed by atoms with van der Waals surface area (Å²) in [5, 5.41) is 0.514. The van der Waals surface area contributed by atoms with Gasteiger partial charge >= 0.3 is 0 Å². The number of rotatable bonds is 4. The first-order valence-electron chi connectivity index (χ1n) is 6.28. The fourth-order valence-corrected chi connectivity index (χ4v) is 3.80. The van der Waals surface area contributed by atoms with Crippen molar-refractivity contribution < 1.29 is 8.42 Å². The molecule has 0 N–H and O–H groups in total. The summed E-state index contributed by atoms with van der Waals surface area (Å²) in [6, 6.07) is 15.1. The summed E-state index contributed by atoms with van der Waals surface area (Å²) in [4.78, 5) is 0.236. The molecule has 0 aromatic heterocycles. The van der Waals surface area contributed by atoms with Gasteiger partial charge in [-0.2, -0.15) is 0 Å². The highest BCUT2D eigenvalue weighted by Crippen LogP contribution is 2.26. The second-order valence-electron chi connectivity index (χ2n) is 4.68. The number of sulfonamides is 1. The predicted octanol–water partition coefficient (Wildman–Crippen LogP) is 3.94. The van der Waals surface area contributed by atoms with Gasteiger partial charge in [0.25, 0.3) is 10.0 Å². The summed E-state index contributed by atoms with van der Waals surface area (Å²) in [5.41, 5.74) is 0.650. The quantitative estimate of drug-likeness (QED) is 0.857. The van der Waals surface area contributed by atoms with Crippen LogP contribution in [-0.2, 0) is 10.0 Å². The van der Waals surface area contributed by atoms with Crippen LogP contribution < -0.4 is 4.31 Å². The number of hydrogen-bond donors (Lipinski definition) is 0. The average Bonchev–Trinajstić information content (AvgIpc) is 2.39. The van der Waals surface area contributed by atoms with E-state index in [0.29, 0.717) is 10.7 Å². The van der Waals surface area contributed by atoms with Crippen molar-refractivity contribution in [1.29, 1.82) is 0 Å². The third-order valence-corrected chi connectivity index (χ3v) is 5.12. The van der Waals surface area contributed by atoms with Crippen LogP contribution in [0.3, 0.4) is 0 Å². The highest BCUT2D eigenvalue weighted by Gasteiger charge is 2.27. The second kappa shape index (κ2) is 5.85. The van der Waals surface area contributed by atoms with Crippen molar-refractivity contribution in [3.05, 3.63) is 59.6 Å². The van der Waals surface area contributed by atoms with Gasteiger partial charge in [0.15, 0.2) is 0 Å². The highest BCUT2D eigenvalue weighted by atomic mass is 35.5. The van der Waals surface area contributed by atoms with E-state index in [-0.39, 0.29) is 10.9 Å². The molecule has 0 bridgehead atoms. The molecule has 106 valence electrons. The first-order chi connectivity index (χ1) is 9.43. The lowest BCUT2D eigenvalue weighted by atomic mass is 10.3. The normalized spacial score (nSPS) is 11.6. The van der Waals surface area contributed by atoms with Crippen LogP contribution in [-0.4, -0.2) is 14.5 Å². The van der Waals surface area contributed by atoms with E-state index in [1.807, 2.05) is 32.0 Å². The van der Waals surface area contributed by atoms with Crippen molar-refractivity contribution in [1.82, 2.24) is 0 Å². The standard InChI is InChI=1S/C15H16ClNO2S/c1-12(2)17(14-6-4-3-5-7-14)20(18,19)15-10-8-13(16)9-11-15/h3-12H,1-2H3. The van der Waals surface area contributed by atoms with E-state index in [9.17, 15) is 8.42 Å². The Morgan fingerprint density at radius 1 is 0.950 bits per heavy atom. The predicted molar refractivity (Wildman–Crippen MR) is 82.7 cm³/mol. The van der Waals surface area contributed by atoms with Crippen LogP contribution in [0.4, 0.5) is 5.69 Å². The number of para-hydroxylation sites is 1. The summed E-state index contributed by atoms with van der Waals surface area (Å²) in [6.07, 6.45) is 0. The maximum atomic E-state index is 12.8. The molecule has 20 heavy (non-hydrogen) atoms. The highest BCUT2D eigenvalue weighted by molar-refractivity contribution is 7.92. The molecule has 0 aliphatic heterocycles. The Hall–Kier alpha value is -1.52. The SMILES string of the molecule is CC(C)N(c1ccccc1)S(=O)(=O)c1ccc(Cl)cc1. The van der Waals surface area contributed by atoms with Crippen LogP contribution in [0.15, 0.2) is 59.5 Å². The smallest absolute Gasteiger partial charge is 0.264 e. The van der Waals surface area contributed by atoms with Crippen LogP contribution in [0.25, 0.3) is 0 Å². The maximum absolute atomic E-state index is 12.8. The largest absolute Gasteiger partial charge is 0.264 e. The molecule has 2 aromatic carbocycles. The fraction of sp³-hybridized carbons (Fsp3) is 0.200. The van der Waals surface area contributed by atoms with Crippen molar-refractivity contribution in [3.63, 3.8) is 0 Å². The Bertz CT molecular complexity index is 667. The van der Waals surface area contributed by atoms with Gasteiger partial charge in [0, 0.05) is 11.1 Å². The zero-order valence-corrected chi connectivity index (χ0v) is 12.9. The monoisotopic (exact) mass is 309 g/mol. The van der Waals surface area contributed by atoms with Crippen molar-refractivity contribution >= 4 is 27.3 Å². The molecule has 0 saturated carbocycles. The molecule has 0 unspecified atom stereocenters. The molecule has 0 heterocycles. The molecule has 0 radical (unpaired) electrons. The Morgan fingerprint density at radius 2 is 1.50 bits per heavy atom. The summed E-state index contributed by atoms with van der Waals surface area (Å²) in [5.74, 6) is 0. The Kier molecular flexibility index (Phi) is 4.35. The lowest BCUT2D eigenvalue weighted by molar-refractivity contribution is 0.584. The van der Waals surface area contributed by atoms with Gasteiger partial charge in [-0.25, -0.2) is 8.42 Å². The summed E-state index contributed by atoms with van der Waals surface area (Å²) < 4.78 is 26.9. The van der Waals surface area contributed by atoms with Gasteiger partial charge in [0.05, 0.1) is 10.6 Å². The molecule has 0 atom stereocenters. The van der Waals surface area contributed by atoms with E-state index in [1.165, 1.54) is 16.4 Å². The molecule has 2 rings (SSSR count). The van der Waals surface area contributed by atoms with Crippen LogP contribution >= 0.6 is 11.6 Å². The minimum atomic E-state index is -3.60. The van der Waals surface area contributed by atoms with Crippen LogP contribution in [0, 0.1) is 0 Å². The van der Waals surface area contributed by atoms with Crippen molar-refractivity contribution in [2.45, 2.75) is 24.8 Å². The van der Waals surface area contributed by atoms with E-state index < -0.39 is 10.0 Å². The minimum absolute atomic E-state index is 0.182. The molecule has 0 fully saturated rings. The summed E-state index contributed by atoms with van der Waals surface area (Å²) in [7, 11) is -3.60. The third-order valence-electron chi connectivity index (χ3n) is 2.85. The molecule has 0 aliphatic rings. The molecule has 0 aliphatic carbocycles. The Morgan fingerprint density at radius 3 is 2.00 bits per heavy atom. The first-order valence-corrected chi connectivity index (χ1v) is 8.10. The van der Waals surface area contributed by atoms with Gasteiger partial charge in [-0.1, -0.05) is 29.8 Å². The Labute approximate surface area is 124 Å². The molecular formula is C15H16ClNO2S. The second-order valence-corrected chi connectivity index (χ2v) is 6.94. The van der Waals surface area contributed by atoms with Gasteiger partial charge in [-0.05, 0) is 50.2 Å². The average molecular weight is 310 g/mol. The van der Waals surface area contributed by atoms with E-state index >= 15 is 0 Å². The van der Waals surface area contributed by atoms with Crippen LogP contribution in [0.5, 0.6) is 0 Å². The molecule has 0 saturated heterocycles. The zero-order chi connectivity index (χ0) is 14.8. The third kappa shape index (κ3) is 2.97. The number of hydrogen-bond acceptors (Lipinski definition) is 2. The van der Waals surface area contributed by atoms with E-state index in [0.717, 1.165) is 0 Å². The van der Waals surface area contributed by atoms with Crippen molar-refractivity contribution in [2.75, 3.05) is 4.31 Å². The molecular weight excluding hydrogens is 294 g/mol. The van der Waals surface area contributed by atoms with Crippen molar-refractivity contribution in [2.24, 2.45) is 0 Å². The molecule has 2 aromatic rings. The van der Waals surface area contributed by atoms with E-state index in [4.69, 9.17) is 11.6 Å². The number of halogens is 1. The summed E-state index contributed by atoms with van der Waals surface area (Å²) in [6.45, 7) is 3.70. The Balaban J connectivity index is 2.51. The van der Waals surface area contributed by atoms with Crippen LogP contribution in [0.2, 0.25) is 5.02 Å². The van der Waals surface area contributed by atoms with Gasteiger partial charge in [0.2, 0.25) is 0 Å². The van der Waals surface area contributed by atoms with Gasteiger partial charge in [-0.15, -0.1) is 0 Å². The van der Waals surface area contributed by atoms with Crippen molar-refractivity contribution in [3.8, 4) is 0 Å². The number of anilines is 1. The molecule has 5 heteroatoms. The lowest BCUT2D eigenvalue weighted by Gasteiger charge is -2.28. The first kappa shape index (κ1) is 14.9. The lowest BCUT2D eigenvalue weighted by Crippen LogP contribution is -2.36. The topological polar surface area (TPSA) is 37.4 Å². The van der Waals surface area contributed by atoms with Gasteiger partial charge in [0.1, 0.15) is 0 Å². The van der Waals surface area contributed by atoms with Gasteiger partial charge in [-0.3, -0.25) is 4.31 Å². The molecule has 3 nitrogen and oxygen atoms in total. The molecule has 0 spiro atoms. The van der Waals surface area contributed by atoms with Gasteiger partial charge < -0.3 is 0 Å². The number of nitrogens with zero attached hydrogens (tertiary/aromatic N) is 1. The molecule has 0 amide bonds. The summed E-state index contributed by atoms with van der Waals surface area (Å²) >= 11 is 5.81. The van der Waals surface area contributed by atoms with E-state index in [1.54, 1.807) is 24.3 Å². The van der Waals surface area contributed by atoms with Crippen LogP contribution in [0.1, 0.15) is 13.8 Å². The fourth-order valence-electron chi connectivity index (χ4n) is 2.01. The minimum Gasteiger partial charge on any atom is -0.264 e. The zero-order valence-electron chi connectivity index (χ0n) is 11.3. The number of benzene rings is 2.